The van der Waals surface area contributed by atoms with E-state index in [0.29, 0.717) is 23.3 Å². The van der Waals surface area contributed by atoms with Crippen LogP contribution in [0.5, 0.6) is 5.75 Å². The Morgan fingerprint density at radius 1 is 1.28 bits per heavy atom. The van der Waals surface area contributed by atoms with Crippen LogP contribution in [0.25, 0.3) is 11.1 Å². The van der Waals surface area contributed by atoms with E-state index in [1.807, 2.05) is 0 Å². The number of oxazole rings is 1. The van der Waals surface area contributed by atoms with Gasteiger partial charge in [0.25, 0.3) is 0 Å². The summed E-state index contributed by atoms with van der Waals surface area (Å²) in [7, 11) is 1.52. The van der Waals surface area contributed by atoms with Gasteiger partial charge in [-0.05, 0) is 24.3 Å². The summed E-state index contributed by atoms with van der Waals surface area (Å²) < 4.78 is 12.3. The highest BCUT2D eigenvalue weighted by molar-refractivity contribution is 5.88. The summed E-state index contributed by atoms with van der Waals surface area (Å²) in [6.45, 7) is 0.0132. The third kappa shape index (κ3) is 3.71. The molecule has 1 aromatic carbocycles. The maximum Gasteiger partial charge on any atom is 0.420 e. The van der Waals surface area contributed by atoms with Crippen LogP contribution in [-0.2, 0) is 16.1 Å². The highest BCUT2D eigenvalue weighted by Gasteiger charge is 2.40. The van der Waals surface area contributed by atoms with Crippen molar-refractivity contribution in [3.8, 4) is 5.75 Å². The predicted octanol–water partition coefficient (Wildman–Crippen LogP) is 0.784. The molecule has 2 aromatic heterocycles. The van der Waals surface area contributed by atoms with Crippen LogP contribution in [0.15, 0.2) is 58.0 Å². The van der Waals surface area contributed by atoms with Crippen LogP contribution in [0, 0.1) is 0 Å². The number of hydrogen-bond donors (Lipinski definition) is 1. The number of nitrogens with one attached hydrogen (secondary N) is 1. The number of fused-ring (bicyclic) bond motifs is 1. The normalized spacial score (nSPS) is 18.7. The van der Waals surface area contributed by atoms with Crippen molar-refractivity contribution >= 4 is 22.9 Å². The largest absolute Gasteiger partial charge is 0.487 e. The molecular weight excluding hydrogens is 376 g/mol. The molecule has 1 aliphatic rings. The number of benzene rings is 1. The molecule has 9 nitrogen and oxygen atoms in total. The molecule has 0 saturated carbocycles. The van der Waals surface area contributed by atoms with Crippen LogP contribution < -0.4 is 15.8 Å². The first-order valence-electron chi connectivity index (χ1n) is 9.23. The Morgan fingerprint density at radius 2 is 2.10 bits per heavy atom. The summed E-state index contributed by atoms with van der Waals surface area (Å²) in [6, 6.07) is 9.73. The van der Waals surface area contributed by atoms with Crippen LogP contribution in [0.2, 0.25) is 0 Å². The van der Waals surface area contributed by atoms with Crippen LogP contribution >= 0.6 is 0 Å². The van der Waals surface area contributed by atoms with Crippen LogP contribution in [0.3, 0.4) is 0 Å². The maximum atomic E-state index is 13.0. The Hall–Kier alpha value is -3.62. The molecule has 0 bridgehead atoms. The average molecular weight is 396 g/mol. The average Bonchev–Trinajstić information content (AvgIpc) is 3.29. The van der Waals surface area contributed by atoms with Gasteiger partial charge in [-0.3, -0.25) is 19.1 Å². The molecule has 3 heterocycles. The van der Waals surface area contributed by atoms with Crippen LogP contribution in [0.4, 0.5) is 0 Å². The molecule has 1 N–H and O–H groups in total. The first kappa shape index (κ1) is 18.7. The Bertz CT molecular complexity index is 1090. The number of ether oxygens (including phenoxy) is 1. The molecule has 0 aliphatic carbocycles. The molecule has 3 aromatic rings. The molecule has 150 valence electrons. The van der Waals surface area contributed by atoms with Crippen molar-refractivity contribution in [3.63, 3.8) is 0 Å². The number of hydrogen-bond acceptors (Lipinski definition) is 6. The molecular formula is C20H20N4O5. The lowest BCUT2D eigenvalue weighted by molar-refractivity contribution is -0.138. The summed E-state index contributed by atoms with van der Waals surface area (Å²) >= 11 is 0. The lowest BCUT2D eigenvalue weighted by Crippen LogP contribution is -2.46. The number of carbonyl (C=O) groups is 2. The van der Waals surface area contributed by atoms with Gasteiger partial charge in [-0.2, -0.15) is 0 Å². The molecule has 1 saturated heterocycles. The molecule has 9 heteroatoms. The molecule has 0 radical (unpaired) electrons. The fourth-order valence-electron chi connectivity index (χ4n) is 3.57. The first-order valence-corrected chi connectivity index (χ1v) is 9.23. The molecule has 4 rings (SSSR count). The van der Waals surface area contributed by atoms with E-state index in [9.17, 15) is 14.4 Å². The Kier molecular flexibility index (Phi) is 5.03. The van der Waals surface area contributed by atoms with Gasteiger partial charge in [0.2, 0.25) is 11.8 Å². The van der Waals surface area contributed by atoms with Crippen molar-refractivity contribution < 1.29 is 18.7 Å². The highest BCUT2D eigenvalue weighted by Crippen LogP contribution is 2.24. The van der Waals surface area contributed by atoms with Crippen molar-refractivity contribution in [1.29, 1.82) is 0 Å². The topological polar surface area (TPSA) is 107 Å². The van der Waals surface area contributed by atoms with E-state index in [2.05, 4.69) is 10.3 Å². The van der Waals surface area contributed by atoms with E-state index in [4.69, 9.17) is 9.15 Å². The SMILES string of the molecule is CNC(=O)[C@@H]1C[C@H](Oc2cccnc2)CN1C(=O)Cn1c(=O)oc2ccccc21. The van der Waals surface area contributed by atoms with Crippen LogP contribution in [0.1, 0.15) is 6.42 Å². The lowest BCUT2D eigenvalue weighted by Gasteiger charge is -2.23. The molecule has 0 unspecified atom stereocenters. The van der Waals surface area contributed by atoms with E-state index in [1.54, 1.807) is 48.8 Å². The third-order valence-electron chi connectivity index (χ3n) is 4.94. The van der Waals surface area contributed by atoms with E-state index >= 15 is 0 Å². The first-order chi connectivity index (χ1) is 14.1. The Labute approximate surface area is 165 Å². The van der Waals surface area contributed by atoms with Gasteiger partial charge >= 0.3 is 5.76 Å². The van der Waals surface area contributed by atoms with Gasteiger partial charge in [0, 0.05) is 19.7 Å². The molecule has 2 atom stereocenters. The number of nitrogens with zero attached hydrogens (tertiary/aromatic N) is 3. The van der Waals surface area contributed by atoms with E-state index in [0.717, 1.165) is 0 Å². The minimum absolute atomic E-state index is 0.219. The predicted molar refractivity (Wildman–Crippen MR) is 103 cm³/mol. The summed E-state index contributed by atoms with van der Waals surface area (Å²) in [4.78, 5) is 43.0. The quantitative estimate of drug-likeness (QED) is 0.683. The van der Waals surface area contributed by atoms with Crippen molar-refractivity contribution in [3.05, 3.63) is 59.3 Å². The number of para-hydroxylation sites is 2. The Balaban J connectivity index is 1.55. The van der Waals surface area contributed by atoms with Gasteiger partial charge < -0.3 is 19.4 Å². The van der Waals surface area contributed by atoms with Gasteiger partial charge in [0.05, 0.1) is 18.3 Å². The summed E-state index contributed by atoms with van der Waals surface area (Å²) in [5.41, 5.74) is 0.942. The van der Waals surface area contributed by atoms with Gasteiger partial charge in [-0.1, -0.05) is 12.1 Å². The van der Waals surface area contributed by atoms with Gasteiger partial charge in [-0.25, -0.2) is 4.79 Å². The number of rotatable bonds is 5. The van der Waals surface area contributed by atoms with Crippen molar-refractivity contribution in [2.75, 3.05) is 13.6 Å². The van der Waals surface area contributed by atoms with Crippen molar-refractivity contribution in [2.45, 2.75) is 25.1 Å². The smallest absolute Gasteiger partial charge is 0.420 e. The molecule has 2 amide bonds. The number of likely N-dealkylation sites (tertiary alicyclic amines) is 1. The van der Waals surface area contributed by atoms with Crippen LogP contribution in [-0.4, -0.2) is 52.0 Å². The fraction of sp³-hybridized carbons (Fsp3) is 0.300. The minimum atomic E-state index is -0.678. The highest BCUT2D eigenvalue weighted by atomic mass is 16.5. The monoisotopic (exact) mass is 396 g/mol. The summed E-state index contributed by atoms with van der Waals surface area (Å²) in [5.74, 6) is -0.678. The van der Waals surface area contributed by atoms with Gasteiger partial charge in [0.1, 0.15) is 24.4 Å². The van der Waals surface area contributed by atoms with E-state index in [-0.39, 0.29) is 31.0 Å². The molecule has 29 heavy (non-hydrogen) atoms. The second-order valence-electron chi connectivity index (χ2n) is 6.76. The minimum Gasteiger partial charge on any atom is -0.487 e. The fourth-order valence-corrected chi connectivity index (χ4v) is 3.57. The Morgan fingerprint density at radius 3 is 2.86 bits per heavy atom. The second kappa shape index (κ2) is 7.78. The summed E-state index contributed by atoms with van der Waals surface area (Å²) in [6.07, 6.45) is 3.21. The second-order valence-corrected chi connectivity index (χ2v) is 6.76. The van der Waals surface area contributed by atoms with Gasteiger partial charge in [-0.15, -0.1) is 0 Å². The van der Waals surface area contributed by atoms with Crippen molar-refractivity contribution in [2.24, 2.45) is 0 Å². The lowest BCUT2D eigenvalue weighted by atomic mass is 10.2. The van der Waals surface area contributed by atoms with Crippen molar-refractivity contribution in [1.82, 2.24) is 19.8 Å². The molecule has 1 fully saturated rings. The van der Waals surface area contributed by atoms with E-state index in [1.165, 1.54) is 16.5 Å². The zero-order valence-electron chi connectivity index (χ0n) is 15.8. The summed E-state index contributed by atoms with van der Waals surface area (Å²) in [5, 5.41) is 2.59. The molecule has 0 spiro atoms. The van der Waals surface area contributed by atoms with Gasteiger partial charge in [0.15, 0.2) is 5.58 Å². The number of aromatic nitrogens is 2. The molecule has 1 aliphatic heterocycles. The number of likely N-dealkylation sites (N-methyl/N-ethyl adjacent to an activating group) is 1. The number of pyridine rings is 1. The number of carbonyl (C=O) groups excluding carboxylic acids is 2. The number of amides is 2. The van der Waals surface area contributed by atoms with E-state index < -0.39 is 11.8 Å². The standard InChI is InChI=1S/C20H20N4O5/c1-21-19(26)16-9-14(28-13-5-4-8-22-10-13)11-23(16)18(25)12-24-15-6-2-3-7-17(15)29-20(24)27/h2-8,10,14,16H,9,11-12H2,1H3,(H,21,26)/t14-,16-/m0/s1. The zero-order chi connectivity index (χ0) is 20.4. The maximum absolute atomic E-state index is 13.0. The zero-order valence-corrected chi connectivity index (χ0v) is 15.8. The third-order valence-corrected chi connectivity index (χ3v) is 4.94.